The second kappa shape index (κ2) is 9.02. The van der Waals surface area contributed by atoms with Crippen LogP contribution in [0, 0.1) is 5.92 Å². The zero-order valence-electron chi connectivity index (χ0n) is 14.9. The molecule has 1 unspecified atom stereocenters. The second-order valence-electron chi connectivity index (χ2n) is 6.22. The number of benzene rings is 1. The van der Waals surface area contributed by atoms with Crippen LogP contribution in [0.2, 0.25) is 0 Å². The van der Waals surface area contributed by atoms with Gasteiger partial charge in [-0.2, -0.15) is 4.31 Å². The lowest BCUT2D eigenvalue weighted by Gasteiger charge is -2.31. The molecule has 1 fully saturated rings. The van der Waals surface area contributed by atoms with Gasteiger partial charge in [0.05, 0.1) is 11.5 Å². The van der Waals surface area contributed by atoms with Gasteiger partial charge in [0.25, 0.3) is 0 Å². The molecule has 8 heteroatoms. The molecule has 1 amide bonds. The first-order valence-electron chi connectivity index (χ1n) is 8.32. The maximum Gasteiger partial charge on any atom is 0.243 e. The summed E-state index contributed by atoms with van der Waals surface area (Å²) in [7, 11) is -1.90. The Morgan fingerprint density at radius 1 is 1.32 bits per heavy atom. The van der Waals surface area contributed by atoms with E-state index in [-0.39, 0.29) is 17.9 Å². The molecule has 2 rings (SSSR count). The molecular weight excluding hydrogens is 360 g/mol. The predicted octanol–water partition coefficient (Wildman–Crippen LogP) is 1.96. The van der Waals surface area contributed by atoms with Gasteiger partial charge in [0.15, 0.2) is 0 Å². The number of thioether (sulfide) groups is 1. The van der Waals surface area contributed by atoms with Gasteiger partial charge in [-0.25, -0.2) is 8.42 Å². The van der Waals surface area contributed by atoms with Gasteiger partial charge in [0.1, 0.15) is 0 Å². The van der Waals surface area contributed by atoms with Crippen molar-refractivity contribution in [3.63, 3.8) is 0 Å². The number of sulfonamides is 1. The van der Waals surface area contributed by atoms with Gasteiger partial charge in [0.2, 0.25) is 15.9 Å². The fourth-order valence-corrected chi connectivity index (χ4v) is 4.79. The lowest BCUT2D eigenvalue weighted by Crippen LogP contribution is -2.45. The molecule has 0 spiro atoms. The maximum absolute atomic E-state index is 12.7. The van der Waals surface area contributed by atoms with E-state index in [0.717, 1.165) is 4.90 Å². The minimum Gasteiger partial charge on any atom is -0.383 e. The van der Waals surface area contributed by atoms with Crippen molar-refractivity contribution in [1.82, 2.24) is 9.62 Å². The first kappa shape index (κ1) is 20.2. The largest absolute Gasteiger partial charge is 0.383 e. The zero-order valence-corrected chi connectivity index (χ0v) is 16.5. The van der Waals surface area contributed by atoms with E-state index < -0.39 is 10.0 Å². The van der Waals surface area contributed by atoms with Crippen LogP contribution in [0.15, 0.2) is 34.1 Å². The normalized spacial score (nSPS) is 18.0. The van der Waals surface area contributed by atoms with Gasteiger partial charge in [-0.05, 0) is 50.3 Å². The lowest BCUT2D eigenvalue weighted by molar-refractivity contribution is -0.127. The molecule has 0 aliphatic carbocycles. The second-order valence-corrected chi connectivity index (χ2v) is 9.04. The lowest BCUT2D eigenvalue weighted by atomic mass is 9.97. The Bertz CT molecular complexity index is 668. The molecule has 6 nitrogen and oxygen atoms in total. The summed E-state index contributed by atoms with van der Waals surface area (Å²) in [6.45, 7) is 3.08. The van der Waals surface area contributed by atoms with Crippen LogP contribution in [0.3, 0.4) is 0 Å². The number of piperidine rings is 1. The molecule has 1 N–H and O–H groups in total. The van der Waals surface area contributed by atoms with Gasteiger partial charge < -0.3 is 10.1 Å². The number of amides is 1. The van der Waals surface area contributed by atoms with Crippen molar-refractivity contribution in [3.05, 3.63) is 24.3 Å². The molecular formula is C17H26N2O4S2. The van der Waals surface area contributed by atoms with Crippen molar-refractivity contribution in [2.24, 2.45) is 5.92 Å². The fourth-order valence-electron chi connectivity index (χ4n) is 2.91. The number of nitrogens with one attached hydrogen (secondary N) is 1. The highest BCUT2D eigenvalue weighted by Crippen LogP contribution is 2.25. The van der Waals surface area contributed by atoms with E-state index in [4.69, 9.17) is 4.74 Å². The van der Waals surface area contributed by atoms with E-state index >= 15 is 0 Å². The van der Waals surface area contributed by atoms with E-state index in [1.807, 2.05) is 25.3 Å². The van der Waals surface area contributed by atoms with E-state index in [9.17, 15) is 13.2 Å². The highest BCUT2D eigenvalue weighted by Gasteiger charge is 2.32. The Labute approximate surface area is 154 Å². The average Bonchev–Trinajstić information content (AvgIpc) is 2.62. The van der Waals surface area contributed by atoms with Crippen molar-refractivity contribution in [1.29, 1.82) is 0 Å². The molecule has 0 aromatic heterocycles. The van der Waals surface area contributed by atoms with Crippen LogP contribution in [-0.4, -0.2) is 57.7 Å². The summed E-state index contributed by atoms with van der Waals surface area (Å²) in [5.41, 5.74) is 0. The molecule has 1 aromatic carbocycles. The summed E-state index contributed by atoms with van der Waals surface area (Å²) in [4.78, 5) is 13.6. The molecule has 1 aliphatic heterocycles. The molecule has 1 heterocycles. The number of carbonyl (C=O) groups excluding carboxylic acids is 1. The number of carbonyl (C=O) groups is 1. The smallest absolute Gasteiger partial charge is 0.243 e. The molecule has 1 aliphatic rings. The third-order valence-corrected chi connectivity index (χ3v) is 6.98. The standard InChI is InChI=1S/C17H26N2O4S2/c1-13(12-23-2)18-17(20)14-8-10-19(11-9-14)25(21,22)16-6-4-15(24-3)5-7-16/h4-7,13-14H,8-12H2,1-3H3,(H,18,20). The Morgan fingerprint density at radius 3 is 2.44 bits per heavy atom. The molecule has 25 heavy (non-hydrogen) atoms. The Morgan fingerprint density at radius 2 is 1.92 bits per heavy atom. The fraction of sp³-hybridized carbons (Fsp3) is 0.588. The van der Waals surface area contributed by atoms with E-state index in [2.05, 4.69) is 5.32 Å². The third kappa shape index (κ3) is 5.20. The molecule has 0 saturated carbocycles. The number of methoxy groups -OCH3 is 1. The highest BCUT2D eigenvalue weighted by atomic mass is 32.2. The third-order valence-electron chi connectivity index (χ3n) is 4.33. The van der Waals surface area contributed by atoms with Crippen LogP contribution in [0.1, 0.15) is 19.8 Å². The van der Waals surface area contributed by atoms with Crippen LogP contribution < -0.4 is 5.32 Å². The van der Waals surface area contributed by atoms with Crippen LogP contribution in [0.5, 0.6) is 0 Å². The summed E-state index contributed by atoms with van der Waals surface area (Å²) in [6, 6.07) is 6.87. The summed E-state index contributed by atoms with van der Waals surface area (Å²) < 4.78 is 31.9. The SMILES string of the molecule is COCC(C)NC(=O)C1CCN(S(=O)(=O)c2ccc(SC)cc2)CC1. The number of ether oxygens (including phenoxy) is 1. The highest BCUT2D eigenvalue weighted by molar-refractivity contribution is 7.98. The van der Waals surface area contributed by atoms with Crippen molar-refractivity contribution in [2.75, 3.05) is 33.1 Å². The Balaban J connectivity index is 1.95. The molecule has 1 atom stereocenters. The van der Waals surface area contributed by atoms with Gasteiger partial charge in [-0.3, -0.25) is 4.79 Å². The van der Waals surface area contributed by atoms with Crippen LogP contribution in [0.4, 0.5) is 0 Å². The number of rotatable bonds is 7. The quantitative estimate of drug-likeness (QED) is 0.725. The van der Waals surface area contributed by atoms with Crippen LogP contribution in [0.25, 0.3) is 0 Å². The molecule has 1 saturated heterocycles. The van der Waals surface area contributed by atoms with Crippen molar-refractivity contribution >= 4 is 27.7 Å². The summed E-state index contributed by atoms with van der Waals surface area (Å²) in [5.74, 6) is -0.171. The Kier molecular flexibility index (Phi) is 7.30. The number of nitrogens with zero attached hydrogens (tertiary/aromatic N) is 1. The first-order chi connectivity index (χ1) is 11.9. The maximum atomic E-state index is 12.7. The van der Waals surface area contributed by atoms with Crippen molar-refractivity contribution < 1.29 is 17.9 Å². The summed E-state index contributed by atoms with van der Waals surface area (Å²) in [5, 5.41) is 2.91. The van der Waals surface area contributed by atoms with Crippen LogP contribution >= 0.6 is 11.8 Å². The van der Waals surface area contributed by atoms with Gasteiger partial charge >= 0.3 is 0 Å². The minimum absolute atomic E-state index is 0.0223. The van der Waals surface area contributed by atoms with E-state index in [1.165, 1.54) is 4.31 Å². The van der Waals surface area contributed by atoms with E-state index in [0.29, 0.717) is 37.4 Å². The van der Waals surface area contributed by atoms with Crippen molar-refractivity contribution in [2.45, 2.75) is 35.6 Å². The van der Waals surface area contributed by atoms with Gasteiger partial charge in [0, 0.05) is 37.1 Å². The monoisotopic (exact) mass is 386 g/mol. The molecule has 140 valence electrons. The molecule has 0 bridgehead atoms. The van der Waals surface area contributed by atoms with Gasteiger partial charge in [-0.1, -0.05) is 0 Å². The number of hydrogen-bond acceptors (Lipinski definition) is 5. The van der Waals surface area contributed by atoms with Gasteiger partial charge in [-0.15, -0.1) is 11.8 Å². The summed E-state index contributed by atoms with van der Waals surface area (Å²) >= 11 is 1.57. The minimum atomic E-state index is -3.50. The topological polar surface area (TPSA) is 75.7 Å². The zero-order chi connectivity index (χ0) is 18.4. The molecule has 0 radical (unpaired) electrons. The molecule has 1 aromatic rings. The number of hydrogen-bond donors (Lipinski definition) is 1. The predicted molar refractivity (Wildman–Crippen MR) is 99.2 cm³/mol. The van der Waals surface area contributed by atoms with Crippen LogP contribution in [-0.2, 0) is 19.6 Å². The first-order valence-corrected chi connectivity index (χ1v) is 11.0. The Hall–Kier alpha value is -1.09. The average molecular weight is 387 g/mol. The van der Waals surface area contributed by atoms with Crippen molar-refractivity contribution in [3.8, 4) is 0 Å². The summed E-state index contributed by atoms with van der Waals surface area (Å²) in [6.07, 6.45) is 3.02. The van der Waals surface area contributed by atoms with E-state index in [1.54, 1.807) is 31.0 Å².